The van der Waals surface area contributed by atoms with E-state index in [4.69, 9.17) is 26.9 Å². The highest BCUT2D eigenvalue weighted by Crippen LogP contribution is 2.34. The van der Waals surface area contributed by atoms with Gasteiger partial charge in [-0.1, -0.05) is 17.7 Å². The number of aryl methyl sites for hydroxylation is 1. The van der Waals surface area contributed by atoms with Crippen LogP contribution in [0.15, 0.2) is 41.3 Å². The highest BCUT2D eigenvalue weighted by Gasteiger charge is 2.30. The first-order chi connectivity index (χ1) is 12.7. The van der Waals surface area contributed by atoms with Crippen molar-refractivity contribution in [3.63, 3.8) is 0 Å². The van der Waals surface area contributed by atoms with Gasteiger partial charge >= 0.3 is 0 Å². The maximum atomic E-state index is 13.3. The minimum Gasteiger partial charge on any atom is -0.495 e. The van der Waals surface area contributed by atoms with Crippen LogP contribution in [-0.2, 0) is 14.8 Å². The number of nitrogens with two attached hydrogens (primary N) is 1. The maximum Gasteiger partial charge on any atom is 0.268 e. The number of halogens is 1. The van der Waals surface area contributed by atoms with E-state index in [0.29, 0.717) is 11.3 Å². The zero-order chi connectivity index (χ0) is 20.2. The van der Waals surface area contributed by atoms with Crippen LogP contribution in [-0.4, -0.2) is 35.1 Å². The number of amides is 1. The topological polar surface area (TPSA) is 111 Å². The Kier molecular flexibility index (Phi) is 6.53. The predicted octanol–water partition coefficient (Wildman–Crippen LogP) is 1.85. The number of carbonyl (C=O) groups excluding carboxylic acids is 1. The molecule has 0 aromatic heterocycles. The van der Waals surface area contributed by atoms with Crippen LogP contribution in [0.4, 0.5) is 5.69 Å². The molecule has 2 aromatic rings. The number of hydrogen-bond acceptors (Lipinski definition) is 6. The van der Waals surface area contributed by atoms with Crippen molar-refractivity contribution in [3.05, 3.63) is 47.0 Å². The van der Waals surface area contributed by atoms with E-state index in [0.717, 1.165) is 4.31 Å². The van der Waals surface area contributed by atoms with E-state index >= 15 is 0 Å². The molecule has 10 heteroatoms. The van der Waals surface area contributed by atoms with Gasteiger partial charge < -0.3 is 9.47 Å². The standard InChI is InChI=1S/C17H20ClN3O5S/c1-11-4-6-15(26-3)16(8-11)27(23,24)21(10-17(22)20-19)12-5-7-14(25-2)13(18)9-12/h4-9H,10,19H2,1-3H3,(H,20,22). The normalized spacial score (nSPS) is 11.0. The van der Waals surface area contributed by atoms with Gasteiger partial charge in [-0.15, -0.1) is 0 Å². The minimum atomic E-state index is -4.17. The average Bonchev–Trinajstić information content (AvgIpc) is 2.65. The van der Waals surface area contributed by atoms with Gasteiger partial charge in [-0.3, -0.25) is 14.5 Å². The van der Waals surface area contributed by atoms with E-state index in [1.54, 1.807) is 19.1 Å². The van der Waals surface area contributed by atoms with E-state index in [-0.39, 0.29) is 21.4 Å². The van der Waals surface area contributed by atoms with Crippen molar-refractivity contribution in [3.8, 4) is 11.5 Å². The average molecular weight is 414 g/mol. The maximum absolute atomic E-state index is 13.3. The molecule has 8 nitrogen and oxygen atoms in total. The van der Waals surface area contributed by atoms with Crippen molar-refractivity contribution in [2.24, 2.45) is 5.84 Å². The Labute approximate surface area is 162 Å². The number of nitrogens with one attached hydrogen (secondary N) is 1. The summed E-state index contributed by atoms with van der Waals surface area (Å²) in [7, 11) is -1.36. The van der Waals surface area contributed by atoms with Gasteiger partial charge in [0.05, 0.1) is 24.9 Å². The number of benzene rings is 2. The first-order valence-electron chi connectivity index (χ1n) is 7.75. The largest absolute Gasteiger partial charge is 0.495 e. The van der Waals surface area contributed by atoms with Crippen LogP contribution >= 0.6 is 11.6 Å². The van der Waals surface area contributed by atoms with E-state index in [1.807, 2.05) is 5.43 Å². The summed E-state index contributed by atoms with van der Waals surface area (Å²) in [5.41, 5.74) is 2.82. The Bertz CT molecular complexity index is 950. The second-order valence-corrected chi connectivity index (χ2v) is 7.79. The van der Waals surface area contributed by atoms with Gasteiger partial charge in [0.15, 0.2) is 0 Å². The third-order valence-electron chi connectivity index (χ3n) is 3.76. The SMILES string of the molecule is COc1ccc(N(CC(=O)NN)S(=O)(=O)c2cc(C)ccc2OC)cc1Cl. The van der Waals surface area contributed by atoms with E-state index in [2.05, 4.69) is 0 Å². The molecule has 1 amide bonds. The van der Waals surface area contributed by atoms with Crippen molar-refractivity contribution in [1.29, 1.82) is 0 Å². The van der Waals surface area contributed by atoms with Gasteiger partial charge in [0.2, 0.25) is 0 Å². The van der Waals surface area contributed by atoms with E-state index in [9.17, 15) is 13.2 Å². The lowest BCUT2D eigenvalue weighted by molar-refractivity contribution is -0.119. The predicted molar refractivity (Wildman–Crippen MR) is 103 cm³/mol. The fourth-order valence-corrected chi connectivity index (χ4v) is 4.31. The van der Waals surface area contributed by atoms with Crippen LogP contribution in [0.1, 0.15) is 5.56 Å². The number of hydrogen-bond donors (Lipinski definition) is 2. The lowest BCUT2D eigenvalue weighted by Crippen LogP contribution is -2.43. The lowest BCUT2D eigenvalue weighted by Gasteiger charge is -2.25. The fraction of sp³-hybridized carbons (Fsp3) is 0.235. The Morgan fingerprint density at radius 3 is 2.33 bits per heavy atom. The molecule has 0 unspecified atom stereocenters. The Hall–Kier alpha value is -2.49. The molecule has 0 heterocycles. The van der Waals surface area contributed by atoms with Gasteiger partial charge in [-0.05, 0) is 42.8 Å². The molecular weight excluding hydrogens is 394 g/mol. The number of carbonyl (C=O) groups is 1. The number of rotatable bonds is 7. The molecule has 0 fully saturated rings. The third kappa shape index (κ3) is 4.44. The number of hydrazine groups is 1. The molecule has 0 aliphatic heterocycles. The zero-order valence-corrected chi connectivity index (χ0v) is 16.6. The smallest absolute Gasteiger partial charge is 0.268 e. The summed E-state index contributed by atoms with van der Waals surface area (Å²) >= 11 is 6.13. The molecule has 0 aliphatic rings. The first-order valence-corrected chi connectivity index (χ1v) is 9.56. The summed E-state index contributed by atoms with van der Waals surface area (Å²) in [6.07, 6.45) is 0. The number of sulfonamides is 1. The fourth-order valence-electron chi connectivity index (χ4n) is 2.41. The van der Waals surface area contributed by atoms with Gasteiger partial charge in [-0.25, -0.2) is 14.3 Å². The summed E-state index contributed by atoms with van der Waals surface area (Å²) in [6.45, 7) is 1.21. The summed E-state index contributed by atoms with van der Waals surface area (Å²) in [4.78, 5) is 11.8. The van der Waals surface area contributed by atoms with Crippen LogP contribution in [0.3, 0.4) is 0 Å². The highest BCUT2D eigenvalue weighted by atomic mass is 35.5. The second kappa shape index (κ2) is 8.47. The third-order valence-corrected chi connectivity index (χ3v) is 5.85. The van der Waals surface area contributed by atoms with Gasteiger partial charge in [-0.2, -0.15) is 0 Å². The molecule has 146 valence electrons. The van der Waals surface area contributed by atoms with Crippen molar-refractivity contribution in [1.82, 2.24) is 5.43 Å². The monoisotopic (exact) mass is 413 g/mol. The van der Waals surface area contributed by atoms with Crippen molar-refractivity contribution in [2.75, 3.05) is 25.1 Å². The number of nitrogens with zero attached hydrogens (tertiary/aromatic N) is 1. The highest BCUT2D eigenvalue weighted by molar-refractivity contribution is 7.93. The quantitative estimate of drug-likeness (QED) is 0.407. The Morgan fingerprint density at radius 2 is 1.78 bits per heavy atom. The molecule has 2 aromatic carbocycles. The van der Waals surface area contributed by atoms with Gasteiger partial charge in [0.25, 0.3) is 15.9 Å². The number of ether oxygens (including phenoxy) is 2. The lowest BCUT2D eigenvalue weighted by atomic mass is 10.2. The van der Waals surface area contributed by atoms with Crippen molar-refractivity contribution < 1.29 is 22.7 Å². The zero-order valence-electron chi connectivity index (χ0n) is 15.0. The molecule has 0 aliphatic carbocycles. The summed E-state index contributed by atoms with van der Waals surface area (Å²) < 4.78 is 37.8. The molecule has 0 atom stereocenters. The van der Waals surface area contributed by atoms with Gasteiger partial charge in [0.1, 0.15) is 22.9 Å². The minimum absolute atomic E-state index is 0.0817. The van der Waals surface area contributed by atoms with Crippen molar-refractivity contribution >= 4 is 33.2 Å². The molecule has 27 heavy (non-hydrogen) atoms. The first kappa shape index (κ1) is 20.8. The second-order valence-electron chi connectivity index (χ2n) is 5.55. The van der Waals surface area contributed by atoms with E-state index < -0.39 is 22.5 Å². The van der Waals surface area contributed by atoms with Crippen LogP contribution in [0, 0.1) is 6.92 Å². The van der Waals surface area contributed by atoms with Crippen LogP contribution in [0.2, 0.25) is 5.02 Å². The molecular formula is C17H20ClN3O5S. The number of methoxy groups -OCH3 is 2. The molecule has 0 saturated heterocycles. The summed E-state index contributed by atoms with van der Waals surface area (Å²) in [6, 6.07) is 9.11. The van der Waals surface area contributed by atoms with Crippen molar-refractivity contribution in [2.45, 2.75) is 11.8 Å². The van der Waals surface area contributed by atoms with Gasteiger partial charge in [0, 0.05) is 0 Å². The molecule has 0 saturated carbocycles. The molecule has 0 bridgehead atoms. The summed E-state index contributed by atoms with van der Waals surface area (Å²) in [5.74, 6) is 4.97. The van der Waals surface area contributed by atoms with Crippen LogP contribution in [0.25, 0.3) is 0 Å². The number of anilines is 1. The molecule has 0 radical (unpaired) electrons. The molecule has 3 N–H and O–H groups in total. The molecule has 0 spiro atoms. The van der Waals surface area contributed by atoms with Crippen LogP contribution < -0.4 is 25.0 Å². The Morgan fingerprint density at radius 1 is 1.15 bits per heavy atom. The Balaban J connectivity index is 2.65. The van der Waals surface area contributed by atoms with Crippen LogP contribution in [0.5, 0.6) is 11.5 Å². The molecule has 2 rings (SSSR count). The summed E-state index contributed by atoms with van der Waals surface area (Å²) in [5, 5.41) is 0.194. The van der Waals surface area contributed by atoms with E-state index in [1.165, 1.54) is 38.5 Å².